The molecule has 33 heavy (non-hydrogen) atoms. The number of rotatable bonds is 7. The molecule has 7 heteroatoms. The highest BCUT2D eigenvalue weighted by atomic mass is 16.5. The molecule has 0 saturated heterocycles. The number of nitrogens with zero attached hydrogens (tertiary/aromatic N) is 1. The molecular weight excluding hydrogens is 416 g/mol. The Bertz CT molecular complexity index is 1190. The molecule has 0 spiro atoms. The summed E-state index contributed by atoms with van der Waals surface area (Å²) in [6.45, 7) is 5.88. The minimum Gasteiger partial charge on any atom is -0.495 e. The van der Waals surface area contributed by atoms with Crippen LogP contribution in [0.2, 0.25) is 0 Å². The minimum absolute atomic E-state index is 0.623. The maximum atomic E-state index is 12.4. The van der Waals surface area contributed by atoms with Crippen molar-refractivity contribution in [1.29, 1.82) is 0 Å². The lowest BCUT2D eigenvalue weighted by Gasteiger charge is -2.15. The number of aryl methyl sites for hydroxylation is 3. The summed E-state index contributed by atoms with van der Waals surface area (Å²) in [5.41, 5.74) is 8.18. The summed E-state index contributed by atoms with van der Waals surface area (Å²) in [7, 11) is 1.58. The van der Waals surface area contributed by atoms with E-state index in [4.69, 9.17) is 4.74 Å². The normalized spacial score (nSPS) is 10.7. The van der Waals surface area contributed by atoms with Crippen LogP contribution in [0, 0.1) is 13.8 Å². The van der Waals surface area contributed by atoms with Crippen molar-refractivity contribution in [3.05, 3.63) is 82.9 Å². The summed E-state index contributed by atoms with van der Waals surface area (Å²) in [4.78, 5) is 24.7. The molecule has 0 aliphatic rings. The van der Waals surface area contributed by atoms with E-state index >= 15 is 0 Å². The van der Waals surface area contributed by atoms with Crippen molar-refractivity contribution < 1.29 is 14.3 Å². The van der Waals surface area contributed by atoms with Gasteiger partial charge in [0.15, 0.2) is 0 Å². The second-order valence-electron chi connectivity index (χ2n) is 7.48. The van der Waals surface area contributed by atoms with Crippen molar-refractivity contribution in [2.45, 2.75) is 27.2 Å². The van der Waals surface area contributed by atoms with Crippen molar-refractivity contribution in [2.24, 2.45) is 5.10 Å². The molecule has 0 bridgehead atoms. The van der Waals surface area contributed by atoms with E-state index in [1.807, 2.05) is 81.4 Å². The first-order valence-electron chi connectivity index (χ1n) is 10.7. The number of benzene rings is 3. The number of amides is 2. The third kappa shape index (κ3) is 5.77. The van der Waals surface area contributed by atoms with Crippen LogP contribution in [0.1, 0.15) is 29.2 Å². The molecule has 170 valence electrons. The molecule has 0 unspecified atom stereocenters. The number of nitrogens with one attached hydrogen (secondary N) is 3. The molecule has 0 saturated carbocycles. The quantitative estimate of drug-likeness (QED) is 0.280. The van der Waals surface area contributed by atoms with E-state index in [1.165, 1.54) is 6.21 Å². The van der Waals surface area contributed by atoms with Crippen LogP contribution < -0.4 is 20.8 Å². The van der Waals surface area contributed by atoms with Crippen molar-refractivity contribution in [3.63, 3.8) is 0 Å². The molecule has 0 atom stereocenters. The van der Waals surface area contributed by atoms with Gasteiger partial charge < -0.3 is 15.4 Å². The van der Waals surface area contributed by atoms with Crippen molar-refractivity contribution in [3.8, 4) is 5.75 Å². The number of para-hydroxylation sites is 3. The molecule has 2 amide bonds. The third-order valence-corrected chi connectivity index (χ3v) is 5.24. The highest BCUT2D eigenvalue weighted by Gasteiger charge is 2.16. The highest BCUT2D eigenvalue weighted by molar-refractivity contribution is 6.39. The summed E-state index contributed by atoms with van der Waals surface area (Å²) in [5, 5.41) is 10.0. The van der Waals surface area contributed by atoms with Crippen LogP contribution >= 0.6 is 0 Å². The predicted molar refractivity (Wildman–Crippen MR) is 132 cm³/mol. The van der Waals surface area contributed by atoms with E-state index in [-0.39, 0.29) is 0 Å². The molecule has 0 aliphatic heterocycles. The first-order valence-corrected chi connectivity index (χ1v) is 10.7. The molecular formula is C26H28N4O3. The maximum Gasteiger partial charge on any atom is 0.329 e. The van der Waals surface area contributed by atoms with Gasteiger partial charge in [-0.25, -0.2) is 5.43 Å². The Morgan fingerprint density at radius 1 is 0.909 bits per heavy atom. The highest BCUT2D eigenvalue weighted by Crippen LogP contribution is 2.31. The van der Waals surface area contributed by atoms with E-state index in [0.717, 1.165) is 28.8 Å². The molecule has 3 aromatic carbocycles. The van der Waals surface area contributed by atoms with Crippen LogP contribution in [0.4, 0.5) is 17.1 Å². The molecule has 0 aromatic heterocycles. The summed E-state index contributed by atoms with van der Waals surface area (Å²) in [6, 6.07) is 19.1. The van der Waals surface area contributed by atoms with Gasteiger partial charge in [0.1, 0.15) is 5.75 Å². The fourth-order valence-electron chi connectivity index (χ4n) is 3.39. The summed E-state index contributed by atoms with van der Waals surface area (Å²) in [5.74, 6) is -1.01. The number of carbonyl (C=O) groups excluding carboxylic acids is 2. The number of hydrazone groups is 1. The second-order valence-corrected chi connectivity index (χ2v) is 7.48. The minimum atomic E-state index is -0.854. The molecule has 3 aromatic rings. The number of methoxy groups -OCH3 is 1. The SMILES string of the molecule is CCc1cccc(C)c1NC(=O)C(=O)N/N=C\c1cccc(OC)c1Nc1ccccc1C. The second kappa shape index (κ2) is 10.9. The molecule has 3 rings (SSSR count). The Labute approximate surface area is 193 Å². The van der Waals surface area contributed by atoms with E-state index in [2.05, 4.69) is 21.2 Å². The van der Waals surface area contributed by atoms with Crippen LogP contribution in [-0.2, 0) is 16.0 Å². The molecule has 0 heterocycles. The van der Waals surface area contributed by atoms with Crippen LogP contribution in [0.15, 0.2) is 65.8 Å². The number of hydrogen-bond acceptors (Lipinski definition) is 5. The molecule has 7 nitrogen and oxygen atoms in total. The number of anilines is 3. The molecule has 3 N–H and O–H groups in total. The lowest BCUT2D eigenvalue weighted by atomic mass is 10.1. The van der Waals surface area contributed by atoms with Gasteiger partial charge in [0.25, 0.3) is 0 Å². The zero-order valence-electron chi connectivity index (χ0n) is 19.2. The Balaban J connectivity index is 1.74. The van der Waals surface area contributed by atoms with E-state index in [1.54, 1.807) is 7.11 Å². The third-order valence-electron chi connectivity index (χ3n) is 5.24. The van der Waals surface area contributed by atoms with E-state index < -0.39 is 11.8 Å². The van der Waals surface area contributed by atoms with Gasteiger partial charge in [0.2, 0.25) is 0 Å². The lowest BCUT2D eigenvalue weighted by Crippen LogP contribution is -2.33. The van der Waals surface area contributed by atoms with Gasteiger partial charge in [-0.05, 0) is 49.1 Å². The van der Waals surface area contributed by atoms with E-state index in [9.17, 15) is 9.59 Å². The lowest BCUT2D eigenvalue weighted by molar-refractivity contribution is -0.136. The van der Waals surface area contributed by atoms with Gasteiger partial charge >= 0.3 is 11.8 Å². The predicted octanol–water partition coefficient (Wildman–Crippen LogP) is 4.71. The smallest absolute Gasteiger partial charge is 0.329 e. The Kier molecular flexibility index (Phi) is 7.81. The fraction of sp³-hybridized carbons (Fsp3) is 0.192. The average molecular weight is 445 g/mol. The van der Waals surface area contributed by atoms with Crippen molar-refractivity contribution >= 4 is 35.1 Å². The monoisotopic (exact) mass is 444 g/mol. The van der Waals surface area contributed by atoms with Gasteiger partial charge in [-0.3, -0.25) is 9.59 Å². The van der Waals surface area contributed by atoms with Crippen molar-refractivity contribution in [1.82, 2.24) is 5.43 Å². The number of carbonyl (C=O) groups is 2. The van der Waals surface area contributed by atoms with Gasteiger partial charge in [0.05, 0.1) is 19.0 Å². The van der Waals surface area contributed by atoms with Gasteiger partial charge in [0, 0.05) is 16.9 Å². The average Bonchev–Trinajstić information content (AvgIpc) is 2.82. The first-order chi connectivity index (χ1) is 15.9. The Morgan fingerprint density at radius 2 is 1.64 bits per heavy atom. The van der Waals surface area contributed by atoms with Gasteiger partial charge in [-0.1, -0.05) is 55.5 Å². The molecule has 0 aliphatic carbocycles. The molecule has 0 fully saturated rings. The maximum absolute atomic E-state index is 12.4. The zero-order chi connectivity index (χ0) is 23.8. The largest absolute Gasteiger partial charge is 0.495 e. The van der Waals surface area contributed by atoms with Crippen LogP contribution in [0.25, 0.3) is 0 Å². The Hall–Kier alpha value is -4.13. The fourth-order valence-corrected chi connectivity index (χ4v) is 3.39. The molecule has 0 radical (unpaired) electrons. The van der Waals surface area contributed by atoms with E-state index in [0.29, 0.717) is 22.7 Å². The van der Waals surface area contributed by atoms with Crippen molar-refractivity contribution in [2.75, 3.05) is 17.7 Å². The van der Waals surface area contributed by atoms with Crippen LogP contribution in [0.3, 0.4) is 0 Å². The topological polar surface area (TPSA) is 91.8 Å². The summed E-state index contributed by atoms with van der Waals surface area (Å²) < 4.78 is 5.49. The van der Waals surface area contributed by atoms with Crippen LogP contribution in [-0.4, -0.2) is 25.1 Å². The first kappa shape index (κ1) is 23.5. The van der Waals surface area contributed by atoms with Gasteiger partial charge in [-0.2, -0.15) is 5.10 Å². The Morgan fingerprint density at radius 3 is 2.36 bits per heavy atom. The standard InChI is InChI=1S/C26H28N4O3/c1-5-19-12-8-11-18(3)23(19)29-25(31)26(32)30-27-16-20-13-9-15-22(33-4)24(20)28-21-14-7-6-10-17(21)2/h6-16,28H,5H2,1-4H3,(H,29,31)(H,30,32)/b27-16-. The van der Waals surface area contributed by atoms with Crippen LogP contribution in [0.5, 0.6) is 5.75 Å². The number of hydrogen-bond donors (Lipinski definition) is 3. The van der Waals surface area contributed by atoms with Gasteiger partial charge in [-0.15, -0.1) is 0 Å². The zero-order valence-corrected chi connectivity index (χ0v) is 19.2. The number of ether oxygens (including phenoxy) is 1. The summed E-state index contributed by atoms with van der Waals surface area (Å²) >= 11 is 0. The summed E-state index contributed by atoms with van der Waals surface area (Å²) in [6.07, 6.45) is 2.21.